The number of benzene rings is 1. The second-order valence-corrected chi connectivity index (χ2v) is 6.72. The van der Waals surface area contributed by atoms with Gasteiger partial charge in [0.1, 0.15) is 5.76 Å². The molecule has 0 radical (unpaired) electrons. The third-order valence-electron chi connectivity index (χ3n) is 4.30. The van der Waals surface area contributed by atoms with Crippen molar-refractivity contribution in [1.82, 2.24) is 15.0 Å². The van der Waals surface area contributed by atoms with Crippen LogP contribution in [0.1, 0.15) is 17.7 Å². The molecule has 0 saturated carbocycles. The van der Waals surface area contributed by atoms with Gasteiger partial charge in [0.15, 0.2) is 5.15 Å². The molecular formula is C18H22ClN3O3. The van der Waals surface area contributed by atoms with E-state index in [1.54, 1.807) is 11.0 Å². The van der Waals surface area contributed by atoms with E-state index in [0.717, 1.165) is 13.1 Å². The molecule has 0 aliphatic carbocycles. The predicted molar refractivity (Wildman–Crippen MR) is 94.1 cm³/mol. The fraction of sp³-hybridized carbons (Fsp3) is 0.444. The number of rotatable bonds is 5. The lowest BCUT2D eigenvalue weighted by atomic mass is 10.2. The van der Waals surface area contributed by atoms with Crippen molar-refractivity contribution < 1.29 is 14.4 Å². The Hall–Kier alpha value is -1.89. The van der Waals surface area contributed by atoms with Crippen molar-refractivity contribution in [2.75, 3.05) is 26.2 Å². The fourth-order valence-corrected chi connectivity index (χ4v) is 3.22. The average Bonchev–Trinajstić information content (AvgIpc) is 2.93. The van der Waals surface area contributed by atoms with E-state index in [0.29, 0.717) is 43.4 Å². The van der Waals surface area contributed by atoms with Crippen molar-refractivity contribution in [2.24, 2.45) is 0 Å². The van der Waals surface area contributed by atoms with Crippen LogP contribution in [0.2, 0.25) is 5.15 Å². The van der Waals surface area contributed by atoms with E-state index in [1.807, 2.05) is 18.2 Å². The van der Waals surface area contributed by atoms with Gasteiger partial charge in [-0.2, -0.15) is 0 Å². The highest BCUT2D eigenvalue weighted by atomic mass is 35.5. The number of aromatic nitrogens is 1. The summed E-state index contributed by atoms with van der Waals surface area (Å²) in [6.07, 6.45) is 0.227. The van der Waals surface area contributed by atoms with Gasteiger partial charge in [0.05, 0.1) is 6.10 Å². The number of aliphatic hydroxyl groups is 1. The maximum absolute atomic E-state index is 12.4. The van der Waals surface area contributed by atoms with Gasteiger partial charge < -0.3 is 14.5 Å². The molecular weight excluding hydrogens is 342 g/mol. The number of aliphatic hydroxyl groups excluding tert-OH is 1. The van der Waals surface area contributed by atoms with E-state index in [4.69, 9.17) is 16.1 Å². The Balaban J connectivity index is 1.52. The first-order valence-corrected chi connectivity index (χ1v) is 8.81. The molecule has 0 bridgehead atoms. The fourth-order valence-electron chi connectivity index (χ4n) is 3.06. The largest absolute Gasteiger partial charge is 0.390 e. The Morgan fingerprint density at radius 2 is 2.08 bits per heavy atom. The third-order valence-corrected chi connectivity index (χ3v) is 4.48. The zero-order chi connectivity index (χ0) is 17.6. The topological polar surface area (TPSA) is 69.8 Å². The van der Waals surface area contributed by atoms with Gasteiger partial charge >= 0.3 is 0 Å². The van der Waals surface area contributed by atoms with Crippen molar-refractivity contribution >= 4 is 17.5 Å². The first-order chi connectivity index (χ1) is 12.1. The highest BCUT2D eigenvalue weighted by Gasteiger charge is 2.24. The zero-order valence-electron chi connectivity index (χ0n) is 14.0. The molecule has 7 heteroatoms. The molecule has 1 N–H and O–H groups in total. The van der Waals surface area contributed by atoms with Crippen LogP contribution in [0.3, 0.4) is 0 Å². The normalized spacial score (nSPS) is 19.0. The molecule has 25 heavy (non-hydrogen) atoms. The SMILES string of the molecule is O=C(CCc1cc(Cl)no1)N1CCN(Cc2ccccc2)C[C@H](O)C1. The lowest BCUT2D eigenvalue weighted by molar-refractivity contribution is -0.132. The van der Waals surface area contributed by atoms with Crippen molar-refractivity contribution in [1.29, 1.82) is 0 Å². The van der Waals surface area contributed by atoms with Crippen molar-refractivity contribution in [3.63, 3.8) is 0 Å². The lowest BCUT2D eigenvalue weighted by Crippen LogP contribution is -2.37. The Labute approximate surface area is 152 Å². The summed E-state index contributed by atoms with van der Waals surface area (Å²) in [5.41, 5.74) is 1.21. The molecule has 1 fully saturated rings. The van der Waals surface area contributed by atoms with Gasteiger partial charge in [-0.3, -0.25) is 9.69 Å². The standard InChI is InChI=1S/C18H22ClN3O3/c19-17-10-16(25-20-17)6-7-18(24)22-9-8-21(12-15(23)13-22)11-14-4-2-1-3-5-14/h1-5,10,15,23H,6-9,11-13H2/t15-/m0/s1. The summed E-state index contributed by atoms with van der Waals surface area (Å²) in [5.74, 6) is 0.604. The maximum atomic E-state index is 12.4. The van der Waals surface area contributed by atoms with Crippen LogP contribution in [0.15, 0.2) is 40.9 Å². The number of amides is 1. The van der Waals surface area contributed by atoms with Crippen molar-refractivity contribution in [3.05, 3.63) is 52.9 Å². The molecule has 2 heterocycles. The number of β-amino-alcohol motifs (C(OH)–C–C–N with tert-alkyl or cyclic N) is 1. The molecule has 1 saturated heterocycles. The van der Waals surface area contributed by atoms with Gasteiger partial charge in [-0.05, 0) is 5.56 Å². The zero-order valence-corrected chi connectivity index (χ0v) is 14.7. The van der Waals surface area contributed by atoms with E-state index in [9.17, 15) is 9.90 Å². The number of aryl methyl sites for hydroxylation is 1. The van der Waals surface area contributed by atoms with E-state index >= 15 is 0 Å². The molecule has 1 atom stereocenters. The number of carbonyl (C=O) groups excluding carboxylic acids is 1. The second-order valence-electron chi connectivity index (χ2n) is 6.33. The molecule has 1 amide bonds. The molecule has 134 valence electrons. The van der Waals surface area contributed by atoms with Crippen LogP contribution in [0.25, 0.3) is 0 Å². The van der Waals surface area contributed by atoms with Crippen LogP contribution in [0, 0.1) is 0 Å². The highest BCUT2D eigenvalue weighted by molar-refractivity contribution is 6.29. The molecule has 1 aliphatic heterocycles. The molecule has 1 aliphatic rings. The summed E-state index contributed by atoms with van der Waals surface area (Å²) < 4.78 is 5.02. The monoisotopic (exact) mass is 363 g/mol. The number of nitrogens with zero attached hydrogens (tertiary/aromatic N) is 3. The van der Waals surface area contributed by atoms with Gasteiger partial charge in [0.25, 0.3) is 0 Å². The molecule has 3 rings (SSSR count). The third kappa shape index (κ3) is 5.29. The summed E-state index contributed by atoms with van der Waals surface area (Å²) in [4.78, 5) is 16.4. The minimum atomic E-state index is -0.546. The smallest absolute Gasteiger partial charge is 0.223 e. The molecule has 6 nitrogen and oxygen atoms in total. The van der Waals surface area contributed by atoms with Crippen LogP contribution in [-0.2, 0) is 17.8 Å². The number of halogens is 1. The van der Waals surface area contributed by atoms with Crippen LogP contribution < -0.4 is 0 Å². The minimum absolute atomic E-state index is 0.00753. The van der Waals surface area contributed by atoms with Gasteiger partial charge in [0, 0.05) is 51.6 Å². The Bertz CT molecular complexity index is 692. The summed E-state index contributed by atoms with van der Waals surface area (Å²) in [7, 11) is 0. The molecule has 2 aromatic rings. The van der Waals surface area contributed by atoms with E-state index < -0.39 is 6.10 Å². The maximum Gasteiger partial charge on any atom is 0.223 e. The minimum Gasteiger partial charge on any atom is -0.390 e. The summed E-state index contributed by atoms with van der Waals surface area (Å²) in [5, 5.41) is 14.2. The van der Waals surface area contributed by atoms with Crippen molar-refractivity contribution in [3.8, 4) is 0 Å². The van der Waals surface area contributed by atoms with Crippen LogP contribution >= 0.6 is 11.6 Å². The Morgan fingerprint density at radius 1 is 1.28 bits per heavy atom. The first-order valence-electron chi connectivity index (χ1n) is 8.43. The van der Waals surface area contributed by atoms with Gasteiger partial charge in [-0.15, -0.1) is 0 Å². The van der Waals surface area contributed by atoms with Gasteiger partial charge in [-0.25, -0.2) is 0 Å². The van der Waals surface area contributed by atoms with Gasteiger partial charge in [-0.1, -0.05) is 47.1 Å². The predicted octanol–water partition coefficient (Wildman–Crippen LogP) is 1.97. The number of carbonyl (C=O) groups is 1. The summed E-state index contributed by atoms with van der Waals surface area (Å²) >= 11 is 5.71. The lowest BCUT2D eigenvalue weighted by Gasteiger charge is -2.21. The second kappa shape index (κ2) is 8.47. The quantitative estimate of drug-likeness (QED) is 0.879. The molecule has 1 aromatic carbocycles. The van der Waals surface area contributed by atoms with Crippen molar-refractivity contribution in [2.45, 2.75) is 25.5 Å². The molecule has 1 aromatic heterocycles. The average molecular weight is 364 g/mol. The van der Waals surface area contributed by atoms with E-state index in [-0.39, 0.29) is 5.91 Å². The van der Waals surface area contributed by atoms with E-state index in [2.05, 4.69) is 22.2 Å². The number of hydrogen-bond donors (Lipinski definition) is 1. The summed E-state index contributed by atoms with van der Waals surface area (Å²) in [6.45, 7) is 3.06. The first kappa shape index (κ1) is 17.9. The van der Waals surface area contributed by atoms with Gasteiger partial charge in [0.2, 0.25) is 5.91 Å². The number of hydrogen-bond acceptors (Lipinski definition) is 5. The Morgan fingerprint density at radius 3 is 2.80 bits per heavy atom. The van der Waals surface area contributed by atoms with Crippen LogP contribution in [0.5, 0.6) is 0 Å². The summed E-state index contributed by atoms with van der Waals surface area (Å²) in [6, 6.07) is 11.8. The Kier molecular flexibility index (Phi) is 6.07. The highest BCUT2D eigenvalue weighted by Crippen LogP contribution is 2.13. The molecule has 0 spiro atoms. The van der Waals surface area contributed by atoms with E-state index in [1.165, 1.54) is 5.56 Å². The van der Waals surface area contributed by atoms with Crippen LogP contribution in [0.4, 0.5) is 0 Å². The molecule has 0 unspecified atom stereocenters. The van der Waals surface area contributed by atoms with Crippen LogP contribution in [-0.4, -0.2) is 58.3 Å².